The van der Waals surface area contributed by atoms with Gasteiger partial charge in [0.1, 0.15) is 24.2 Å². The molecule has 1 N–H and O–H groups in total. The highest BCUT2D eigenvalue weighted by Crippen LogP contribution is 2.35. The molecule has 32 heavy (non-hydrogen) atoms. The molecule has 5 aromatic rings. The van der Waals surface area contributed by atoms with Crippen LogP contribution in [0.5, 0.6) is 0 Å². The van der Waals surface area contributed by atoms with Gasteiger partial charge in [-0.05, 0) is 53.1 Å². The Labute approximate surface area is 181 Å². The molecule has 0 amide bonds. The molecule has 1 aliphatic rings. The normalized spacial score (nSPS) is 16.2. The predicted octanol–water partition coefficient (Wildman–Crippen LogP) is 4.23. The molecule has 4 heterocycles. The topological polar surface area (TPSA) is 66.6 Å². The van der Waals surface area contributed by atoms with Gasteiger partial charge in [-0.15, -0.1) is 10.2 Å². The third-order valence-electron chi connectivity index (χ3n) is 6.00. The Morgan fingerprint density at radius 2 is 1.84 bits per heavy atom. The molecule has 0 bridgehead atoms. The SMILES string of the molecule is OC1c2c(ccc3nncn23)CN1Cc1c(F)cc(-c2ccc3ncccc3c2)cc1F. The standard InChI is InChI=1S/C24H17F2N5O/c25-19-9-17(14-3-5-21-15(8-14)2-1-7-27-21)10-20(26)18(19)12-30-11-16-4-6-22-29-28-13-31(22)23(16)24(30)32/h1-10,13,24,32H,11-12H2. The number of halogens is 2. The van der Waals surface area contributed by atoms with Crippen molar-refractivity contribution in [2.45, 2.75) is 19.3 Å². The first-order chi connectivity index (χ1) is 15.6. The van der Waals surface area contributed by atoms with Crippen LogP contribution in [0.25, 0.3) is 27.7 Å². The highest BCUT2D eigenvalue weighted by molar-refractivity contribution is 5.84. The summed E-state index contributed by atoms with van der Waals surface area (Å²) < 4.78 is 31.8. The smallest absolute Gasteiger partial charge is 0.160 e. The van der Waals surface area contributed by atoms with Gasteiger partial charge in [-0.25, -0.2) is 8.78 Å². The van der Waals surface area contributed by atoms with E-state index in [1.165, 1.54) is 18.5 Å². The lowest BCUT2D eigenvalue weighted by Crippen LogP contribution is -2.23. The Bertz CT molecular complexity index is 1480. The fraction of sp³-hybridized carbons (Fsp3) is 0.125. The molecule has 0 spiro atoms. The highest BCUT2D eigenvalue weighted by Gasteiger charge is 2.32. The van der Waals surface area contributed by atoms with E-state index in [0.717, 1.165) is 16.5 Å². The van der Waals surface area contributed by atoms with E-state index in [-0.39, 0.29) is 12.1 Å². The summed E-state index contributed by atoms with van der Waals surface area (Å²) in [4.78, 5) is 5.89. The monoisotopic (exact) mass is 429 g/mol. The van der Waals surface area contributed by atoms with Gasteiger partial charge >= 0.3 is 0 Å². The van der Waals surface area contributed by atoms with Crippen LogP contribution >= 0.6 is 0 Å². The first-order valence-electron chi connectivity index (χ1n) is 10.2. The molecular weight excluding hydrogens is 412 g/mol. The number of benzene rings is 2. The number of nitrogens with zero attached hydrogens (tertiary/aromatic N) is 5. The molecule has 3 aromatic heterocycles. The van der Waals surface area contributed by atoms with Crippen LogP contribution in [0.15, 0.2) is 67.1 Å². The Balaban J connectivity index is 1.32. The minimum absolute atomic E-state index is 0.0704. The summed E-state index contributed by atoms with van der Waals surface area (Å²) in [5.74, 6) is -1.30. The second kappa shape index (κ2) is 7.15. The second-order valence-corrected chi connectivity index (χ2v) is 7.91. The van der Waals surface area contributed by atoms with Crippen molar-refractivity contribution in [1.29, 1.82) is 0 Å². The van der Waals surface area contributed by atoms with E-state index >= 15 is 8.78 Å². The van der Waals surface area contributed by atoms with Crippen LogP contribution in [-0.2, 0) is 13.1 Å². The second-order valence-electron chi connectivity index (χ2n) is 7.91. The molecule has 0 saturated carbocycles. The molecule has 0 radical (unpaired) electrons. The van der Waals surface area contributed by atoms with Crippen LogP contribution in [0, 0.1) is 11.6 Å². The number of rotatable bonds is 3. The zero-order valence-corrected chi connectivity index (χ0v) is 16.8. The summed E-state index contributed by atoms with van der Waals surface area (Å²) in [7, 11) is 0. The van der Waals surface area contributed by atoms with Gasteiger partial charge in [-0.3, -0.25) is 14.3 Å². The summed E-state index contributed by atoms with van der Waals surface area (Å²) in [6.07, 6.45) is 2.21. The zero-order chi connectivity index (χ0) is 21.8. The number of aliphatic hydroxyl groups excluding tert-OH is 1. The van der Waals surface area contributed by atoms with Crippen molar-refractivity contribution in [2.75, 3.05) is 0 Å². The number of hydrogen-bond acceptors (Lipinski definition) is 5. The molecule has 0 aliphatic carbocycles. The van der Waals surface area contributed by atoms with Crippen molar-refractivity contribution in [3.63, 3.8) is 0 Å². The largest absolute Gasteiger partial charge is 0.372 e. The van der Waals surface area contributed by atoms with Crippen LogP contribution in [0.2, 0.25) is 0 Å². The van der Waals surface area contributed by atoms with E-state index < -0.39 is 17.9 Å². The van der Waals surface area contributed by atoms with Crippen molar-refractivity contribution in [2.24, 2.45) is 0 Å². The first-order valence-corrected chi connectivity index (χ1v) is 10.2. The molecule has 0 fully saturated rings. The van der Waals surface area contributed by atoms with Gasteiger partial charge < -0.3 is 5.11 Å². The van der Waals surface area contributed by atoms with E-state index in [0.29, 0.717) is 29.0 Å². The van der Waals surface area contributed by atoms with Crippen molar-refractivity contribution in [3.05, 3.63) is 95.6 Å². The average Bonchev–Trinajstić information content (AvgIpc) is 3.40. The average molecular weight is 429 g/mol. The summed E-state index contributed by atoms with van der Waals surface area (Å²) in [6, 6.07) is 15.6. The van der Waals surface area contributed by atoms with Gasteiger partial charge in [0.05, 0.1) is 11.2 Å². The van der Waals surface area contributed by atoms with E-state index in [1.54, 1.807) is 27.6 Å². The molecular formula is C24H17F2N5O. The Morgan fingerprint density at radius 3 is 2.69 bits per heavy atom. The van der Waals surface area contributed by atoms with Crippen molar-refractivity contribution in [1.82, 2.24) is 24.5 Å². The van der Waals surface area contributed by atoms with E-state index in [4.69, 9.17) is 0 Å². The first kappa shape index (κ1) is 19.0. The van der Waals surface area contributed by atoms with E-state index in [9.17, 15) is 5.11 Å². The van der Waals surface area contributed by atoms with Crippen molar-refractivity contribution in [3.8, 4) is 11.1 Å². The predicted molar refractivity (Wildman–Crippen MR) is 114 cm³/mol. The number of fused-ring (bicyclic) bond motifs is 4. The summed E-state index contributed by atoms with van der Waals surface area (Å²) in [6.45, 7) is 0.294. The maximum absolute atomic E-state index is 15.0. The van der Waals surface area contributed by atoms with Crippen LogP contribution in [-0.4, -0.2) is 29.6 Å². The number of pyridine rings is 2. The summed E-state index contributed by atoms with van der Waals surface area (Å²) in [5, 5.41) is 19.6. The Morgan fingerprint density at radius 1 is 1.00 bits per heavy atom. The molecule has 6 nitrogen and oxygen atoms in total. The molecule has 8 heteroatoms. The number of aromatic nitrogens is 4. The third kappa shape index (κ3) is 2.96. The maximum atomic E-state index is 15.0. The quantitative estimate of drug-likeness (QED) is 0.465. The summed E-state index contributed by atoms with van der Waals surface area (Å²) >= 11 is 0. The molecule has 6 rings (SSSR count). The lowest BCUT2D eigenvalue weighted by Gasteiger charge is -2.21. The van der Waals surface area contributed by atoms with Crippen LogP contribution in [0.4, 0.5) is 8.78 Å². The molecule has 1 unspecified atom stereocenters. The van der Waals surface area contributed by atoms with Gasteiger partial charge in [0, 0.05) is 30.2 Å². The van der Waals surface area contributed by atoms with Crippen LogP contribution in [0.1, 0.15) is 23.0 Å². The van der Waals surface area contributed by atoms with Gasteiger partial charge in [0.15, 0.2) is 5.65 Å². The maximum Gasteiger partial charge on any atom is 0.160 e. The minimum Gasteiger partial charge on any atom is -0.372 e. The Hall–Kier alpha value is -3.75. The van der Waals surface area contributed by atoms with E-state index in [2.05, 4.69) is 15.2 Å². The third-order valence-corrected chi connectivity index (χ3v) is 6.00. The molecule has 0 saturated heterocycles. The lowest BCUT2D eigenvalue weighted by molar-refractivity contribution is 0.00323. The highest BCUT2D eigenvalue weighted by atomic mass is 19.1. The fourth-order valence-corrected chi connectivity index (χ4v) is 4.38. The van der Waals surface area contributed by atoms with Gasteiger partial charge in [-0.1, -0.05) is 18.2 Å². The van der Waals surface area contributed by atoms with Crippen molar-refractivity contribution < 1.29 is 13.9 Å². The molecule has 1 atom stereocenters. The Kier molecular flexibility index (Phi) is 4.24. The minimum atomic E-state index is -1.02. The van der Waals surface area contributed by atoms with Gasteiger partial charge in [-0.2, -0.15) is 0 Å². The molecule has 1 aliphatic heterocycles. The zero-order valence-electron chi connectivity index (χ0n) is 16.8. The van der Waals surface area contributed by atoms with Crippen LogP contribution < -0.4 is 0 Å². The number of aliphatic hydroxyl groups is 1. The molecule has 158 valence electrons. The van der Waals surface area contributed by atoms with Crippen LogP contribution in [0.3, 0.4) is 0 Å². The van der Waals surface area contributed by atoms with Gasteiger partial charge in [0.2, 0.25) is 0 Å². The summed E-state index contributed by atoms with van der Waals surface area (Å²) in [5.41, 5.74) is 3.99. The van der Waals surface area contributed by atoms with E-state index in [1.807, 2.05) is 30.3 Å². The fourth-order valence-electron chi connectivity index (χ4n) is 4.38. The molecule has 2 aromatic carbocycles. The number of hydrogen-bond donors (Lipinski definition) is 1. The van der Waals surface area contributed by atoms with Crippen molar-refractivity contribution >= 4 is 16.6 Å². The lowest BCUT2D eigenvalue weighted by atomic mass is 10.0. The van der Waals surface area contributed by atoms with Gasteiger partial charge in [0.25, 0.3) is 0 Å².